The summed E-state index contributed by atoms with van der Waals surface area (Å²) < 4.78 is 15.0. The third kappa shape index (κ3) is 3.17. The van der Waals surface area contributed by atoms with Crippen LogP contribution in [0.3, 0.4) is 0 Å². The van der Waals surface area contributed by atoms with Crippen LogP contribution < -0.4 is 0 Å². The predicted octanol–water partition coefficient (Wildman–Crippen LogP) is 12.3. The van der Waals surface area contributed by atoms with Gasteiger partial charge in [0.25, 0.3) is 0 Å². The number of rotatable bonds is 2. The van der Waals surface area contributed by atoms with Crippen LogP contribution in [0.25, 0.3) is 96.9 Å². The smallest absolute Gasteiger partial charge is 0.143 e. The lowest BCUT2D eigenvalue weighted by Crippen LogP contribution is -1.91. The highest BCUT2D eigenvalue weighted by molar-refractivity contribution is 7.25. The number of para-hydroxylation sites is 1. The lowest BCUT2D eigenvalue weighted by molar-refractivity contribution is 0.615. The maximum atomic E-state index is 6.66. The Balaban J connectivity index is 1.32. The summed E-state index contributed by atoms with van der Waals surface area (Å²) in [6.07, 6.45) is 1.75. The highest BCUT2D eigenvalue weighted by atomic mass is 32.1. The van der Waals surface area contributed by atoms with Crippen molar-refractivity contribution < 1.29 is 8.83 Å². The quantitative estimate of drug-likeness (QED) is 0.195. The fraction of sp³-hybridized carbons (Fsp3) is 0. The first kappa shape index (κ1) is 23.2. The van der Waals surface area contributed by atoms with Crippen LogP contribution in [0.2, 0.25) is 0 Å². The topological polar surface area (TPSA) is 26.3 Å². The van der Waals surface area contributed by atoms with E-state index in [1.807, 2.05) is 29.5 Å². The molecule has 3 heteroatoms. The first-order valence-electron chi connectivity index (χ1n) is 14.5. The van der Waals surface area contributed by atoms with Crippen LogP contribution >= 0.6 is 11.3 Å². The Bertz CT molecular complexity index is 2680. The Morgan fingerprint density at radius 1 is 0.442 bits per heavy atom. The fourth-order valence-corrected chi connectivity index (χ4v) is 8.29. The molecule has 0 saturated carbocycles. The summed E-state index contributed by atoms with van der Waals surface area (Å²) >= 11 is 1.87. The maximum absolute atomic E-state index is 6.66. The molecule has 0 aliphatic rings. The van der Waals surface area contributed by atoms with Crippen molar-refractivity contribution in [2.45, 2.75) is 0 Å². The molecule has 0 unspecified atom stereocenters. The summed E-state index contributed by atoms with van der Waals surface area (Å²) in [4.78, 5) is 0. The molecule has 0 N–H and O–H groups in total. The predicted molar refractivity (Wildman–Crippen MR) is 182 cm³/mol. The van der Waals surface area contributed by atoms with Gasteiger partial charge in [0, 0.05) is 47.5 Å². The zero-order valence-electron chi connectivity index (χ0n) is 22.9. The molecule has 0 atom stereocenters. The molecule has 10 rings (SSSR count). The van der Waals surface area contributed by atoms with Crippen molar-refractivity contribution in [3.8, 4) is 22.3 Å². The largest absolute Gasteiger partial charge is 0.464 e. The van der Waals surface area contributed by atoms with Gasteiger partial charge < -0.3 is 8.83 Å². The number of hydrogen-bond donors (Lipinski definition) is 0. The Hall–Kier alpha value is -5.38. The van der Waals surface area contributed by atoms with Gasteiger partial charge in [0.1, 0.15) is 16.7 Å². The van der Waals surface area contributed by atoms with Gasteiger partial charge in [0.15, 0.2) is 0 Å². The van der Waals surface area contributed by atoms with Gasteiger partial charge >= 0.3 is 0 Å². The standard InChI is InChI=1S/C40H22O2S/c1-3-11-28-26(9-1)37(23-16-17-25-24-8-5-6-15-35(24)43-36(25)22-23)27-10-2-4-12-29(27)38(28)31-13-7-14-32-39-30-20-21-41-33(30)18-19-34(39)42-40(31)32/h1-22H. The molecule has 0 spiro atoms. The van der Waals surface area contributed by atoms with E-state index in [0.29, 0.717) is 0 Å². The van der Waals surface area contributed by atoms with Crippen LogP contribution in [0, 0.1) is 0 Å². The molecule has 0 saturated heterocycles. The second-order valence-corrected chi connectivity index (χ2v) is 12.3. The number of hydrogen-bond acceptors (Lipinski definition) is 3. The lowest BCUT2D eigenvalue weighted by atomic mass is 9.85. The van der Waals surface area contributed by atoms with E-state index in [4.69, 9.17) is 8.83 Å². The number of furan rings is 2. The molecule has 7 aromatic carbocycles. The Kier molecular flexibility index (Phi) is 4.63. The molecular formula is C40H22O2S. The molecule has 3 heterocycles. The molecule has 0 aliphatic carbocycles. The summed E-state index contributed by atoms with van der Waals surface area (Å²) in [5.41, 5.74) is 7.46. The van der Waals surface area contributed by atoms with E-state index < -0.39 is 0 Å². The summed E-state index contributed by atoms with van der Waals surface area (Å²) in [5.74, 6) is 0. The van der Waals surface area contributed by atoms with Gasteiger partial charge in [-0.15, -0.1) is 11.3 Å². The molecule has 2 nitrogen and oxygen atoms in total. The third-order valence-electron chi connectivity index (χ3n) is 8.96. The monoisotopic (exact) mass is 566 g/mol. The van der Waals surface area contributed by atoms with E-state index in [0.717, 1.165) is 38.5 Å². The number of thiophene rings is 1. The molecule has 3 aromatic heterocycles. The van der Waals surface area contributed by atoms with Gasteiger partial charge in [-0.1, -0.05) is 97.1 Å². The zero-order chi connectivity index (χ0) is 28.1. The van der Waals surface area contributed by atoms with Gasteiger partial charge in [-0.2, -0.15) is 0 Å². The van der Waals surface area contributed by atoms with Crippen molar-refractivity contribution >= 4 is 86.0 Å². The van der Waals surface area contributed by atoms with E-state index in [9.17, 15) is 0 Å². The Labute approximate surface area is 250 Å². The molecule has 200 valence electrons. The van der Waals surface area contributed by atoms with Crippen LogP contribution in [0.15, 0.2) is 142 Å². The van der Waals surface area contributed by atoms with Crippen molar-refractivity contribution in [2.24, 2.45) is 0 Å². The average molecular weight is 567 g/mol. The summed E-state index contributed by atoms with van der Waals surface area (Å²) in [5, 5.41) is 10.8. The minimum atomic E-state index is 0.872. The van der Waals surface area contributed by atoms with E-state index >= 15 is 0 Å². The van der Waals surface area contributed by atoms with Crippen molar-refractivity contribution in [2.75, 3.05) is 0 Å². The van der Waals surface area contributed by atoms with Gasteiger partial charge in [-0.05, 0) is 63.0 Å². The third-order valence-corrected chi connectivity index (χ3v) is 10.1. The van der Waals surface area contributed by atoms with Gasteiger partial charge in [0.2, 0.25) is 0 Å². The first-order chi connectivity index (χ1) is 21.3. The highest BCUT2D eigenvalue weighted by Gasteiger charge is 2.21. The van der Waals surface area contributed by atoms with Crippen molar-refractivity contribution in [1.29, 1.82) is 0 Å². The molecule has 43 heavy (non-hydrogen) atoms. The van der Waals surface area contributed by atoms with Crippen LogP contribution in [-0.2, 0) is 0 Å². The van der Waals surface area contributed by atoms with Crippen LogP contribution in [0.4, 0.5) is 0 Å². The summed E-state index contributed by atoms with van der Waals surface area (Å²) in [7, 11) is 0. The molecule has 0 amide bonds. The van der Waals surface area contributed by atoms with Gasteiger partial charge in [-0.3, -0.25) is 0 Å². The van der Waals surface area contributed by atoms with Crippen LogP contribution in [-0.4, -0.2) is 0 Å². The van der Waals surface area contributed by atoms with Crippen LogP contribution in [0.1, 0.15) is 0 Å². The second-order valence-electron chi connectivity index (χ2n) is 11.2. The molecule has 0 radical (unpaired) electrons. The minimum Gasteiger partial charge on any atom is -0.464 e. The van der Waals surface area contributed by atoms with Gasteiger partial charge in [0.05, 0.1) is 6.26 Å². The first-order valence-corrected chi connectivity index (χ1v) is 15.3. The van der Waals surface area contributed by atoms with E-state index in [2.05, 4.69) is 109 Å². The molecule has 0 aliphatic heterocycles. The van der Waals surface area contributed by atoms with Crippen molar-refractivity contribution in [1.82, 2.24) is 0 Å². The molecule has 0 fully saturated rings. The maximum Gasteiger partial charge on any atom is 0.143 e. The summed E-state index contributed by atoms with van der Waals surface area (Å²) in [6, 6.07) is 45.9. The molecule has 0 bridgehead atoms. The lowest BCUT2D eigenvalue weighted by Gasteiger charge is -2.18. The second kappa shape index (κ2) is 8.57. The number of benzene rings is 7. The van der Waals surface area contributed by atoms with Crippen molar-refractivity contribution in [3.05, 3.63) is 134 Å². The van der Waals surface area contributed by atoms with E-state index in [-0.39, 0.29) is 0 Å². The van der Waals surface area contributed by atoms with Crippen LogP contribution in [0.5, 0.6) is 0 Å². The van der Waals surface area contributed by atoms with E-state index in [1.54, 1.807) is 6.26 Å². The zero-order valence-corrected chi connectivity index (χ0v) is 23.7. The average Bonchev–Trinajstić information content (AvgIpc) is 3.78. The highest BCUT2D eigenvalue weighted by Crippen LogP contribution is 2.48. The minimum absolute atomic E-state index is 0.872. The fourth-order valence-electron chi connectivity index (χ4n) is 7.15. The van der Waals surface area contributed by atoms with E-state index in [1.165, 1.54) is 58.4 Å². The normalized spacial score (nSPS) is 12.2. The molecule has 10 aromatic rings. The van der Waals surface area contributed by atoms with Gasteiger partial charge in [-0.25, -0.2) is 0 Å². The SMILES string of the molecule is c1ccc2c(c1)sc1cc(-c3c4ccccc4c(-c4cccc5c4oc4ccc6occc6c45)c4ccccc34)ccc12. The summed E-state index contributed by atoms with van der Waals surface area (Å²) in [6.45, 7) is 0. The Morgan fingerprint density at radius 2 is 1.09 bits per heavy atom. The molecular weight excluding hydrogens is 545 g/mol. The number of fused-ring (bicyclic) bond motifs is 10. The van der Waals surface area contributed by atoms with Crippen molar-refractivity contribution in [3.63, 3.8) is 0 Å². The Morgan fingerprint density at radius 3 is 1.88 bits per heavy atom.